The number of hydrogen-bond acceptors (Lipinski definition) is 4. The number of ether oxygens (including phenoxy) is 2. The number of carbonyl (C=O) groups is 2. The van der Waals surface area contributed by atoms with E-state index in [0.29, 0.717) is 24.0 Å². The molecule has 98 valence electrons. The van der Waals surface area contributed by atoms with E-state index >= 15 is 0 Å². The Hall–Kier alpha value is -1.32. The average Bonchev–Trinajstić information content (AvgIpc) is 2.96. The van der Waals surface area contributed by atoms with Crippen molar-refractivity contribution in [2.75, 3.05) is 6.61 Å². The molecule has 0 aromatic rings. The Kier molecular flexibility index (Phi) is 2.50. The zero-order valence-electron chi connectivity index (χ0n) is 10.6. The van der Waals surface area contributed by atoms with Gasteiger partial charge >= 0.3 is 11.9 Å². The van der Waals surface area contributed by atoms with Crippen LogP contribution in [-0.2, 0) is 19.1 Å². The predicted octanol–water partition coefficient (Wildman–Crippen LogP) is 1.84. The Balaban J connectivity index is 1.69. The maximum atomic E-state index is 11.9. The molecule has 1 spiro atoms. The molecule has 1 heterocycles. The minimum absolute atomic E-state index is 0.0281. The first-order valence-electron chi connectivity index (χ1n) is 6.56. The molecule has 1 aliphatic heterocycles. The predicted molar refractivity (Wildman–Crippen MR) is 63.5 cm³/mol. The summed E-state index contributed by atoms with van der Waals surface area (Å²) >= 11 is 0. The van der Waals surface area contributed by atoms with E-state index in [1.165, 1.54) is 0 Å². The van der Waals surface area contributed by atoms with Gasteiger partial charge in [-0.3, -0.25) is 4.79 Å². The van der Waals surface area contributed by atoms with Crippen LogP contribution in [0.3, 0.4) is 0 Å². The van der Waals surface area contributed by atoms with Crippen molar-refractivity contribution < 1.29 is 19.1 Å². The summed E-state index contributed by atoms with van der Waals surface area (Å²) in [5.41, 5.74) is 0.185. The van der Waals surface area contributed by atoms with Crippen LogP contribution in [0.15, 0.2) is 12.2 Å². The highest BCUT2D eigenvalue weighted by Crippen LogP contribution is 2.60. The molecule has 0 aromatic heterocycles. The molecule has 18 heavy (non-hydrogen) atoms. The van der Waals surface area contributed by atoms with Gasteiger partial charge in [-0.1, -0.05) is 6.58 Å². The van der Waals surface area contributed by atoms with Crippen molar-refractivity contribution in [3.8, 4) is 0 Å². The van der Waals surface area contributed by atoms with Crippen LogP contribution in [0.4, 0.5) is 0 Å². The normalized spacial score (nSPS) is 41.2. The van der Waals surface area contributed by atoms with E-state index in [1.807, 2.05) is 0 Å². The van der Waals surface area contributed by atoms with E-state index in [9.17, 15) is 9.59 Å². The SMILES string of the molecule is C=C(C)C(=O)OC1CC2C[C@H]1CC21CCOC1=O. The molecule has 3 fully saturated rings. The second-order valence-corrected chi connectivity index (χ2v) is 5.90. The summed E-state index contributed by atoms with van der Waals surface area (Å²) < 4.78 is 10.6. The van der Waals surface area contributed by atoms with Gasteiger partial charge in [0.2, 0.25) is 0 Å². The van der Waals surface area contributed by atoms with E-state index in [1.54, 1.807) is 6.92 Å². The lowest BCUT2D eigenvalue weighted by Crippen LogP contribution is -2.37. The fourth-order valence-electron chi connectivity index (χ4n) is 3.90. The van der Waals surface area contributed by atoms with Crippen LogP contribution >= 0.6 is 0 Å². The first-order valence-corrected chi connectivity index (χ1v) is 6.56. The van der Waals surface area contributed by atoms with Gasteiger partial charge in [0.15, 0.2) is 0 Å². The molecule has 2 saturated carbocycles. The molecule has 2 bridgehead atoms. The van der Waals surface area contributed by atoms with Gasteiger partial charge in [-0.15, -0.1) is 0 Å². The van der Waals surface area contributed by atoms with Gasteiger partial charge in [0.1, 0.15) is 6.10 Å². The fraction of sp³-hybridized carbons (Fsp3) is 0.714. The summed E-state index contributed by atoms with van der Waals surface area (Å²) in [7, 11) is 0. The zero-order valence-corrected chi connectivity index (χ0v) is 10.6. The largest absolute Gasteiger partial charge is 0.465 e. The molecule has 3 aliphatic rings. The Morgan fingerprint density at radius 3 is 2.78 bits per heavy atom. The first-order chi connectivity index (χ1) is 8.53. The second-order valence-electron chi connectivity index (χ2n) is 5.90. The Labute approximate surface area is 106 Å². The fourth-order valence-corrected chi connectivity index (χ4v) is 3.90. The third-order valence-corrected chi connectivity index (χ3v) is 4.83. The summed E-state index contributed by atoms with van der Waals surface area (Å²) in [4.78, 5) is 23.4. The number of hydrogen-bond donors (Lipinski definition) is 0. The van der Waals surface area contributed by atoms with Crippen molar-refractivity contribution in [2.24, 2.45) is 17.3 Å². The molecule has 4 nitrogen and oxygen atoms in total. The van der Waals surface area contributed by atoms with Gasteiger partial charge in [0.25, 0.3) is 0 Å². The molecule has 1 saturated heterocycles. The maximum absolute atomic E-state index is 11.9. The van der Waals surface area contributed by atoms with Gasteiger partial charge in [-0.05, 0) is 44.4 Å². The standard InChI is InChI=1S/C14H18O4/c1-8(2)12(15)18-11-6-10-5-9(11)7-14(10)3-4-17-13(14)16/h9-11H,1,3-7H2,2H3/t9-,10?,11?,14?/m0/s1. The lowest BCUT2D eigenvalue weighted by molar-refractivity contribution is -0.153. The van der Waals surface area contributed by atoms with Crippen LogP contribution in [0.25, 0.3) is 0 Å². The molecule has 4 heteroatoms. The highest BCUT2D eigenvalue weighted by Gasteiger charge is 2.62. The molecule has 2 aliphatic carbocycles. The Morgan fingerprint density at radius 2 is 2.28 bits per heavy atom. The van der Waals surface area contributed by atoms with Crippen molar-refractivity contribution in [2.45, 2.75) is 38.7 Å². The van der Waals surface area contributed by atoms with E-state index in [4.69, 9.17) is 9.47 Å². The molecule has 0 aromatic carbocycles. The van der Waals surface area contributed by atoms with Gasteiger partial charge in [-0.2, -0.15) is 0 Å². The lowest BCUT2D eigenvalue weighted by atomic mass is 9.71. The molecule has 3 unspecified atom stereocenters. The number of rotatable bonds is 2. The highest BCUT2D eigenvalue weighted by atomic mass is 16.5. The summed E-state index contributed by atoms with van der Waals surface area (Å²) in [6.45, 7) is 5.81. The molecular formula is C14H18O4. The van der Waals surface area contributed by atoms with Crippen LogP contribution in [0, 0.1) is 17.3 Å². The smallest absolute Gasteiger partial charge is 0.333 e. The third kappa shape index (κ3) is 1.51. The van der Waals surface area contributed by atoms with Crippen molar-refractivity contribution in [1.82, 2.24) is 0 Å². The van der Waals surface area contributed by atoms with Gasteiger partial charge < -0.3 is 9.47 Å². The quantitative estimate of drug-likeness (QED) is 0.554. The topological polar surface area (TPSA) is 52.6 Å². The van der Waals surface area contributed by atoms with Crippen LogP contribution in [0.5, 0.6) is 0 Å². The van der Waals surface area contributed by atoms with Crippen molar-refractivity contribution in [3.63, 3.8) is 0 Å². The van der Waals surface area contributed by atoms with E-state index in [2.05, 4.69) is 6.58 Å². The first kappa shape index (κ1) is 11.8. The van der Waals surface area contributed by atoms with Gasteiger partial charge in [0.05, 0.1) is 12.0 Å². The molecular weight excluding hydrogens is 232 g/mol. The van der Waals surface area contributed by atoms with E-state index < -0.39 is 0 Å². The number of cyclic esters (lactones) is 1. The third-order valence-electron chi connectivity index (χ3n) is 4.83. The minimum Gasteiger partial charge on any atom is -0.465 e. The van der Waals surface area contributed by atoms with Crippen LogP contribution in [0.1, 0.15) is 32.6 Å². The lowest BCUT2D eigenvalue weighted by Gasteiger charge is -2.33. The van der Waals surface area contributed by atoms with Crippen molar-refractivity contribution >= 4 is 11.9 Å². The molecule has 4 atom stereocenters. The van der Waals surface area contributed by atoms with Crippen molar-refractivity contribution in [1.29, 1.82) is 0 Å². The zero-order chi connectivity index (χ0) is 12.9. The summed E-state index contributed by atoms with van der Waals surface area (Å²) in [5, 5.41) is 0. The average molecular weight is 250 g/mol. The number of fused-ring (bicyclic) bond motifs is 3. The van der Waals surface area contributed by atoms with E-state index in [0.717, 1.165) is 25.7 Å². The molecule has 0 N–H and O–H groups in total. The Morgan fingerprint density at radius 1 is 1.50 bits per heavy atom. The number of esters is 2. The maximum Gasteiger partial charge on any atom is 0.333 e. The van der Waals surface area contributed by atoms with E-state index in [-0.39, 0.29) is 23.5 Å². The van der Waals surface area contributed by atoms with Gasteiger partial charge in [0, 0.05) is 5.57 Å². The second kappa shape index (κ2) is 3.84. The van der Waals surface area contributed by atoms with Gasteiger partial charge in [-0.25, -0.2) is 4.79 Å². The van der Waals surface area contributed by atoms with Crippen LogP contribution in [-0.4, -0.2) is 24.6 Å². The van der Waals surface area contributed by atoms with Crippen LogP contribution in [0.2, 0.25) is 0 Å². The van der Waals surface area contributed by atoms with Crippen molar-refractivity contribution in [3.05, 3.63) is 12.2 Å². The summed E-state index contributed by atoms with van der Waals surface area (Å²) in [5.74, 6) is 0.319. The summed E-state index contributed by atoms with van der Waals surface area (Å²) in [6.07, 6.45) is 3.43. The molecule has 0 radical (unpaired) electrons. The monoisotopic (exact) mass is 250 g/mol. The minimum atomic E-state index is -0.310. The highest BCUT2D eigenvalue weighted by molar-refractivity contribution is 5.87. The van der Waals surface area contributed by atoms with Crippen LogP contribution < -0.4 is 0 Å². The summed E-state index contributed by atoms with van der Waals surface area (Å²) in [6, 6.07) is 0. The molecule has 0 amide bonds. The molecule has 3 rings (SSSR count). The number of carbonyl (C=O) groups excluding carboxylic acids is 2. The Bertz CT molecular complexity index is 428.